The predicted molar refractivity (Wildman–Crippen MR) is 74.4 cm³/mol. The van der Waals surface area contributed by atoms with E-state index in [1.165, 1.54) is 6.07 Å². The van der Waals surface area contributed by atoms with Gasteiger partial charge in [0.1, 0.15) is 5.82 Å². The molecule has 0 aliphatic rings. The lowest BCUT2D eigenvalue weighted by molar-refractivity contribution is 0.559. The van der Waals surface area contributed by atoms with Crippen LogP contribution in [0.15, 0.2) is 46.9 Å². The molecule has 2 aromatic rings. The number of halogens is 2. The van der Waals surface area contributed by atoms with Crippen molar-refractivity contribution in [2.75, 3.05) is 0 Å². The van der Waals surface area contributed by atoms with Crippen LogP contribution in [0, 0.1) is 12.7 Å². The summed E-state index contributed by atoms with van der Waals surface area (Å²) in [5.41, 5.74) is 5.15. The minimum absolute atomic E-state index is 0.258. The van der Waals surface area contributed by atoms with Crippen molar-refractivity contribution in [3.8, 4) is 0 Å². The molecule has 0 amide bonds. The van der Waals surface area contributed by atoms with E-state index >= 15 is 0 Å². The number of hydrogen-bond acceptors (Lipinski definition) is 2. The van der Waals surface area contributed by atoms with E-state index < -0.39 is 0 Å². The van der Waals surface area contributed by atoms with Crippen LogP contribution in [-0.2, 0) is 0 Å². The molecule has 4 heteroatoms. The SMILES string of the molecule is Cc1ccc(F)c(C(NN)c2ccc(Br)cc2)c1. The maximum Gasteiger partial charge on any atom is 0.128 e. The molecule has 0 fully saturated rings. The van der Waals surface area contributed by atoms with E-state index in [9.17, 15) is 4.39 Å². The number of hydrogen-bond donors (Lipinski definition) is 2. The summed E-state index contributed by atoms with van der Waals surface area (Å²) in [4.78, 5) is 0. The highest BCUT2D eigenvalue weighted by molar-refractivity contribution is 9.10. The average Bonchev–Trinajstić information content (AvgIpc) is 2.37. The molecule has 3 N–H and O–H groups in total. The Morgan fingerprint density at radius 3 is 2.44 bits per heavy atom. The zero-order valence-electron chi connectivity index (χ0n) is 9.95. The van der Waals surface area contributed by atoms with E-state index in [2.05, 4.69) is 21.4 Å². The van der Waals surface area contributed by atoms with Crippen LogP contribution < -0.4 is 11.3 Å². The molecule has 2 rings (SSSR count). The predicted octanol–water partition coefficient (Wildman–Crippen LogP) is 3.45. The van der Waals surface area contributed by atoms with Crippen molar-refractivity contribution < 1.29 is 4.39 Å². The van der Waals surface area contributed by atoms with E-state index in [-0.39, 0.29) is 11.9 Å². The normalized spacial score (nSPS) is 12.4. The van der Waals surface area contributed by atoms with Gasteiger partial charge in [-0.2, -0.15) is 0 Å². The Bertz CT molecular complexity index is 540. The standard InChI is InChI=1S/C14H14BrFN2/c1-9-2-7-13(16)12(8-9)14(18-17)10-3-5-11(15)6-4-10/h2-8,14,18H,17H2,1H3. The molecule has 0 spiro atoms. The highest BCUT2D eigenvalue weighted by Crippen LogP contribution is 2.25. The van der Waals surface area contributed by atoms with Crippen LogP contribution in [-0.4, -0.2) is 0 Å². The van der Waals surface area contributed by atoms with Crippen molar-refractivity contribution >= 4 is 15.9 Å². The topological polar surface area (TPSA) is 38.0 Å². The van der Waals surface area contributed by atoms with Gasteiger partial charge in [-0.05, 0) is 30.7 Å². The van der Waals surface area contributed by atoms with Crippen molar-refractivity contribution in [1.29, 1.82) is 0 Å². The largest absolute Gasteiger partial charge is 0.271 e. The van der Waals surface area contributed by atoms with Gasteiger partial charge in [-0.1, -0.05) is 45.8 Å². The highest BCUT2D eigenvalue weighted by atomic mass is 79.9. The maximum atomic E-state index is 13.9. The summed E-state index contributed by atoms with van der Waals surface area (Å²) in [6.07, 6.45) is 0. The number of nitrogens with one attached hydrogen (secondary N) is 1. The van der Waals surface area contributed by atoms with Gasteiger partial charge < -0.3 is 0 Å². The van der Waals surface area contributed by atoms with Gasteiger partial charge in [-0.25, -0.2) is 9.82 Å². The molecule has 0 radical (unpaired) electrons. The van der Waals surface area contributed by atoms with Gasteiger partial charge in [0, 0.05) is 10.0 Å². The number of aryl methyl sites for hydroxylation is 1. The monoisotopic (exact) mass is 308 g/mol. The number of hydrazine groups is 1. The maximum absolute atomic E-state index is 13.9. The van der Waals surface area contributed by atoms with Crippen LogP contribution in [0.1, 0.15) is 22.7 Å². The van der Waals surface area contributed by atoms with Crippen LogP contribution in [0.4, 0.5) is 4.39 Å². The molecule has 2 nitrogen and oxygen atoms in total. The van der Waals surface area contributed by atoms with Crippen LogP contribution >= 0.6 is 15.9 Å². The summed E-state index contributed by atoms with van der Waals surface area (Å²) in [7, 11) is 0. The third kappa shape index (κ3) is 2.77. The summed E-state index contributed by atoms with van der Waals surface area (Å²) >= 11 is 3.37. The quantitative estimate of drug-likeness (QED) is 0.673. The summed E-state index contributed by atoms with van der Waals surface area (Å²) in [5.74, 6) is 5.31. The Morgan fingerprint density at radius 2 is 1.83 bits per heavy atom. The van der Waals surface area contributed by atoms with Crippen LogP contribution in [0.2, 0.25) is 0 Å². The first-order valence-electron chi connectivity index (χ1n) is 5.59. The van der Waals surface area contributed by atoms with Gasteiger partial charge in [0.05, 0.1) is 6.04 Å². The van der Waals surface area contributed by atoms with Gasteiger partial charge in [-0.15, -0.1) is 0 Å². The molecule has 18 heavy (non-hydrogen) atoms. The van der Waals surface area contributed by atoms with Crippen molar-refractivity contribution in [2.24, 2.45) is 5.84 Å². The number of nitrogens with two attached hydrogens (primary N) is 1. The van der Waals surface area contributed by atoms with E-state index in [0.717, 1.165) is 15.6 Å². The molecule has 0 aliphatic carbocycles. The fourth-order valence-electron chi connectivity index (χ4n) is 1.91. The average molecular weight is 309 g/mol. The summed E-state index contributed by atoms with van der Waals surface area (Å²) < 4.78 is 14.8. The van der Waals surface area contributed by atoms with Crippen LogP contribution in [0.5, 0.6) is 0 Å². The molecule has 0 saturated carbocycles. The van der Waals surface area contributed by atoms with Crippen molar-refractivity contribution in [1.82, 2.24) is 5.43 Å². The lowest BCUT2D eigenvalue weighted by Crippen LogP contribution is -2.29. The first-order valence-corrected chi connectivity index (χ1v) is 6.39. The Hall–Kier alpha value is -1.23. The van der Waals surface area contributed by atoms with Gasteiger partial charge in [0.25, 0.3) is 0 Å². The third-order valence-electron chi connectivity index (χ3n) is 2.83. The second-order valence-electron chi connectivity index (χ2n) is 4.18. The molecule has 2 aromatic carbocycles. The first kappa shape index (κ1) is 13.2. The molecule has 1 atom stereocenters. The van der Waals surface area contributed by atoms with Crippen molar-refractivity contribution in [3.63, 3.8) is 0 Å². The summed E-state index contributed by atoms with van der Waals surface area (Å²) in [6, 6.07) is 12.3. The smallest absolute Gasteiger partial charge is 0.128 e. The van der Waals surface area contributed by atoms with Gasteiger partial charge in [0.15, 0.2) is 0 Å². The molecule has 0 aromatic heterocycles. The second-order valence-corrected chi connectivity index (χ2v) is 5.09. The Labute approximate surface area is 114 Å². The zero-order chi connectivity index (χ0) is 13.1. The molecule has 0 heterocycles. The zero-order valence-corrected chi connectivity index (χ0v) is 11.5. The van der Waals surface area contributed by atoms with Gasteiger partial charge >= 0.3 is 0 Å². The second kappa shape index (κ2) is 5.61. The van der Waals surface area contributed by atoms with E-state index in [1.807, 2.05) is 37.3 Å². The molecule has 0 aliphatic heterocycles. The third-order valence-corrected chi connectivity index (χ3v) is 3.36. The molecule has 0 bridgehead atoms. The first-order chi connectivity index (χ1) is 8.61. The van der Waals surface area contributed by atoms with E-state index in [0.29, 0.717) is 5.56 Å². The van der Waals surface area contributed by atoms with Gasteiger partial charge in [-0.3, -0.25) is 5.84 Å². The fourth-order valence-corrected chi connectivity index (χ4v) is 2.17. The number of benzene rings is 2. The molecular weight excluding hydrogens is 295 g/mol. The van der Waals surface area contributed by atoms with Crippen LogP contribution in [0.3, 0.4) is 0 Å². The van der Waals surface area contributed by atoms with Gasteiger partial charge in [0.2, 0.25) is 0 Å². The molecule has 1 unspecified atom stereocenters. The lowest BCUT2D eigenvalue weighted by atomic mass is 9.97. The minimum atomic E-state index is -0.349. The number of rotatable bonds is 3. The minimum Gasteiger partial charge on any atom is -0.271 e. The molecule has 0 saturated heterocycles. The molecular formula is C14H14BrFN2. The Balaban J connectivity index is 2.44. The van der Waals surface area contributed by atoms with Crippen LogP contribution in [0.25, 0.3) is 0 Å². The Kier molecular flexibility index (Phi) is 4.11. The summed E-state index contributed by atoms with van der Waals surface area (Å²) in [6.45, 7) is 1.93. The summed E-state index contributed by atoms with van der Waals surface area (Å²) in [5, 5.41) is 0. The van der Waals surface area contributed by atoms with E-state index in [4.69, 9.17) is 5.84 Å². The Morgan fingerprint density at radius 1 is 1.17 bits per heavy atom. The molecule has 94 valence electrons. The fraction of sp³-hybridized carbons (Fsp3) is 0.143. The highest BCUT2D eigenvalue weighted by Gasteiger charge is 2.16. The van der Waals surface area contributed by atoms with Crippen molar-refractivity contribution in [2.45, 2.75) is 13.0 Å². The lowest BCUT2D eigenvalue weighted by Gasteiger charge is -2.18. The van der Waals surface area contributed by atoms with E-state index in [1.54, 1.807) is 6.07 Å². The van der Waals surface area contributed by atoms with Crippen molar-refractivity contribution in [3.05, 3.63) is 69.4 Å².